The van der Waals surface area contributed by atoms with Crippen LogP contribution in [0.15, 0.2) is 84.4 Å². The summed E-state index contributed by atoms with van der Waals surface area (Å²) >= 11 is 0. The molecule has 0 aromatic heterocycles. The molecule has 4 rings (SSSR count). The summed E-state index contributed by atoms with van der Waals surface area (Å²) in [6.45, 7) is 2.15. The van der Waals surface area contributed by atoms with E-state index in [4.69, 9.17) is 0 Å². The van der Waals surface area contributed by atoms with Crippen molar-refractivity contribution >= 4 is 17.4 Å². The minimum absolute atomic E-state index is 0.0579. The molecule has 1 aliphatic heterocycles. The fraction of sp³-hybridized carbons (Fsp3) is 0.154. The normalized spacial score (nSPS) is 17.9. The van der Waals surface area contributed by atoms with Gasteiger partial charge in [0, 0.05) is 12.1 Å². The third-order valence-electron chi connectivity index (χ3n) is 5.56. The number of amides is 1. The Balaban J connectivity index is 1.81. The molecule has 1 atom stereocenters. The highest BCUT2D eigenvalue weighted by Gasteiger charge is 2.45. The first kappa shape index (κ1) is 20.5. The van der Waals surface area contributed by atoms with E-state index in [2.05, 4.69) is 0 Å². The number of hydrogen-bond donors (Lipinski definition) is 1. The molecule has 1 saturated heterocycles. The fourth-order valence-corrected chi connectivity index (χ4v) is 3.87. The zero-order chi connectivity index (χ0) is 22.0. The third kappa shape index (κ3) is 3.99. The Morgan fingerprint density at radius 2 is 1.52 bits per heavy atom. The zero-order valence-electron chi connectivity index (χ0n) is 17.1. The summed E-state index contributed by atoms with van der Waals surface area (Å²) in [7, 11) is 0. The molecule has 0 spiro atoms. The smallest absolute Gasteiger partial charge is 0.295 e. The number of halogens is 1. The summed E-state index contributed by atoms with van der Waals surface area (Å²) < 4.78 is 13.3. The molecule has 31 heavy (non-hydrogen) atoms. The quantitative estimate of drug-likeness (QED) is 0.362. The van der Waals surface area contributed by atoms with Gasteiger partial charge >= 0.3 is 0 Å². The van der Waals surface area contributed by atoms with Crippen molar-refractivity contribution in [2.75, 3.05) is 0 Å². The molecule has 1 N–H and O–H groups in total. The molecule has 4 nitrogen and oxygen atoms in total. The minimum Gasteiger partial charge on any atom is -0.507 e. The number of rotatable bonds is 5. The number of likely N-dealkylation sites (tertiary alicyclic amines) is 1. The standard InChI is InChI=1S/C26H22FNO3/c1-2-17-8-12-20(13-9-17)24(29)22-23(19-6-4-3-5-7-19)28(26(31)25(22)30)16-18-10-14-21(27)15-11-18/h3-15,23,29H,2,16H2,1H3/b24-22-. The van der Waals surface area contributed by atoms with E-state index in [1.54, 1.807) is 24.3 Å². The average Bonchev–Trinajstić information content (AvgIpc) is 3.05. The van der Waals surface area contributed by atoms with E-state index in [1.807, 2.05) is 49.4 Å². The lowest BCUT2D eigenvalue weighted by Crippen LogP contribution is -2.29. The third-order valence-corrected chi connectivity index (χ3v) is 5.56. The predicted octanol–water partition coefficient (Wildman–Crippen LogP) is 5.01. The highest BCUT2D eigenvalue weighted by Crippen LogP contribution is 2.40. The maximum atomic E-state index is 13.3. The van der Waals surface area contributed by atoms with Gasteiger partial charge < -0.3 is 10.0 Å². The van der Waals surface area contributed by atoms with Gasteiger partial charge in [-0.05, 0) is 35.2 Å². The number of aliphatic hydroxyl groups is 1. The van der Waals surface area contributed by atoms with Gasteiger partial charge in [0.1, 0.15) is 11.6 Å². The van der Waals surface area contributed by atoms with Crippen molar-refractivity contribution in [1.29, 1.82) is 0 Å². The second kappa shape index (κ2) is 8.56. The number of carbonyl (C=O) groups is 2. The number of aliphatic hydroxyl groups excluding tert-OH is 1. The Hall–Kier alpha value is -3.73. The van der Waals surface area contributed by atoms with Gasteiger partial charge in [0.2, 0.25) is 0 Å². The van der Waals surface area contributed by atoms with Crippen LogP contribution in [-0.4, -0.2) is 21.7 Å². The van der Waals surface area contributed by atoms with Crippen molar-refractivity contribution in [3.8, 4) is 0 Å². The number of Topliss-reactive ketones (excluding diaryl/α,β-unsaturated/α-hetero) is 1. The van der Waals surface area contributed by atoms with Crippen molar-refractivity contribution in [2.45, 2.75) is 25.9 Å². The van der Waals surface area contributed by atoms with Gasteiger partial charge in [-0.2, -0.15) is 0 Å². The van der Waals surface area contributed by atoms with Gasteiger partial charge in [-0.1, -0.05) is 73.7 Å². The van der Waals surface area contributed by atoms with Crippen molar-refractivity contribution in [3.05, 3.63) is 113 Å². The molecule has 0 saturated carbocycles. The molecular formula is C26H22FNO3. The first-order valence-electron chi connectivity index (χ1n) is 10.2. The second-order valence-electron chi connectivity index (χ2n) is 7.51. The van der Waals surface area contributed by atoms with Crippen LogP contribution in [-0.2, 0) is 22.6 Å². The minimum atomic E-state index is -0.739. The number of nitrogens with zero attached hydrogens (tertiary/aromatic N) is 1. The topological polar surface area (TPSA) is 57.6 Å². The number of benzene rings is 3. The van der Waals surface area contributed by atoms with E-state index in [0.29, 0.717) is 11.1 Å². The molecule has 0 aliphatic carbocycles. The molecule has 3 aromatic rings. The first-order chi connectivity index (χ1) is 15.0. The van der Waals surface area contributed by atoms with Crippen LogP contribution < -0.4 is 0 Å². The maximum Gasteiger partial charge on any atom is 0.295 e. The van der Waals surface area contributed by atoms with E-state index in [0.717, 1.165) is 17.5 Å². The predicted molar refractivity (Wildman–Crippen MR) is 117 cm³/mol. The SMILES string of the molecule is CCc1ccc(/C(O)=C2/C(=O)C(=O)N(Cc3ccc(F)cc3)C2c2ccccc2)cc1. The average molecular weight is 415 g/mol. The Morgan fingerprint density at radius 1 is 0.903 bits per heavy atom. The molecule has 0 radical (unpaired) electrons. The Kier molecular flexibility index (Phi) is 5.67. The lowest BCUT2D eigenvalue weighted by atomic mass is 9.95. The zero-order valence-corrected chi connectivity index (χ0v) is 17.1. The number of ketones is 1. The van der Waals surface area contributed by atoms with Crippen LogP contribution in [0.4, 0.5) is 4.39 Å². The van der Waals surface area contributed by atoms with E-state index in [-0.39, 0.29) is 23.7 Å². The molecule has 3 aromatic carbocycles. The molecule has 1 unspecified atom stereocenters. The molecule has 1 amide bonds. The van der Waals surface area contributed by atoms with Crippen molar-refractivity contribution in [1.82, 2.24) is 4.90 Å². The Labute approximate surface area is 180 Å². The summed E-state index contributed by atoms with van der Waals surface area (Å²) in [5.41, 5.74) is 3.06. The number of hydrogen-bond acceptors (Lipinski definition) is 3. The summed E-state index contributed by atoms with van der Waals surface area (Å²) in [5, 5.41) is 11.1. The fourth-order valence-electron chi connectivity index (χ4n) is 3.87. The molecule has 1 aliphatic rings. The number of aryl methyl sites for hydroxylation is 1. The van der Waals surface area contributed by atoms with E-state index < -0.39 is 17.7 Å². The van der Waals surface area contributed by atoms with Gasteiger partial charge in [0.05, 0.1) is 11.6 Å². The summed E-state index contributed by atoms with van der Waals surface area (Å²) in [5.74, 6) is -1.99. The van der Waals surface area contributed by atoms with Gasteiger partial charge in [0.25, 0.3) is 11.7 Å². The number of carbonyl (C=O) groups excluding carboxylic acids is 2. The second-order valence-corrected chi connectivity index (χ2v) is 7.51. The summed E-state index contributed by atoms with van der Waals surface area (Å²) in [4.78, 5) is 27.4. The highest BCUT2D eigenvalue weighted by molar-refractivity contribution is 6.46. The van der Waals surface area contributed by atoms with Crippen molar-refractivity contribution in [3.63, 3.8) is 0 Å². The van der Waals surface area contributed by atoms with Crippen molar-refractivity contribution in [2.24, 2.45) is 0 Å². The molecule has 0 bridgehead atoms. The van der Waals surface area contributed by atoms with Crippen LogP contribution in [0.2, 0.25) is 0 Å². The molecule has 1 fully saturated rings. The van der Waals surface area contributed by atoms with E-state index in [9.17, 15) is 19.1 Å². The molecular weight excluding hydrogens is 393 g/mol. The lowest BCUT2D eigenvalue weighted by Gasteiger charge is -2.25. The van der Waals surface area contributed by atoms with Crippen LogP contribution >= 0.6 is 0 Å². The first-order valence-corrected chi connectivity index (χ1v) is 10.2. The monoisotopic (exact) mass is 415 g/mol. The maximum absolute atomic E-state index is 13.3. The van der Waals surface area contributed by atoms with E-state index >= 15 is 0 Å². The lowest BCUT2D eigenvalue weighted by molar-refractivity contribution is -0.140. The van der Waals surface area contributed by atoms with Crippen molar-refractivity contribution < 1.29 is 19.1 Å². The summed E-state index contributed by atoms with van der Waals surface area (Å²) in [6, 6.07) is 21.5. The van der Waals surface area contributed by atoms with Crippen LogP contribution in [0.5, 0.6) is 0 Å². The van der Waals surface area contributed by atoms with Crippen LogP contribution in [0, 0.1) is 5.82 Å². The molecule has 1 heterocycles. The van der Waals surface area contributed by atoms with Crippen LogP contribution in [0.1, 0.15) is 35.2 Å². The molecule has 156 valence electrons. The van der Waals surface area contributed by atoms with E-state index in [1.165, 1.54) is 17.0 Å². The van der Waals surface area contributed by atoms with Crippen LogP contribution in [0.3, 0.4) is 0 Å². The highest BCUT2D eigenvalue weighted by atomic mass is 19.1. The Morgan fingerprint density at radius 3 is 2.13 bits per heavy atom. The largest absolute Gasteiger partial charge is 0.507 e. The van der Waals surface area contributed by atoms with Gasteiger partial charge in [-0.15, -0.1) is 0 Å². The molecule has 5 heteroatoms. The summed E-state index contributed by atoms with van der Waals surface area (Å²) in [6.07, 6.45) is 0.854. The van der Waals surface area contributed by atoms with Gasteiger partial charge in [-0.3, -0.25) is 9.59 Å². The van der Waals surface area contributed by atoms with Gasteiger partial charge in [0.15, 0.2) is 0 Å². The van der Waals surface area contributed by atoms with Crippen LogP contribution in [0.25, 0.3) is 5.76 Å². The Bertz CT molecular complexity index is 1140. The van der Waals surface area contributed by atoms with Gasteiger partial charge in [-0.25, -0.2) is 4.39 Å².